The van der Waals surface area contributed by atoms with Crippen molar-refractivity contribution in [3.8, 4) is 5.75 Å². The molecule has 0 bridgehead atoms. The van der Waals surface area contributed by atoms with Crippen LogP contribution in [-0.4, -0.2) is 33.3 Å². The van der Waals surface area contributed by atoms with E-state index >= 15 is 0 Å². The number of likely N-dealkylation sites (tertiary alicyclic amines) is 1. The van der Waals surface area contributed by atoms with Crippen LogP contribution in [0.15, 0.2) is 72.6 Å². The van der Waals surface area contributed by atoms with Gasteiger partial charge in [0.25, 0.3) is 11.7 Å². The number of ether oxygens (including phenoxy) is 1. The third kappa shape index (κ3) is 4.35. The number of rotatable bonds is 6. The smallest absolute Gasteiger partial charge is 0.295 e. The van der Waals surface area contributed by atoms with Gasteiger partial charge in [-0.25, -0.2) is 4.39 Å². The van der Waals surface area contributed by atoms with Crippen molar-refractivity contribution in [1.29, 1.82) is 0 Å². The van der Waals surface area contributed by atoms with Crippen LogP contribution in [0.25, 0.3) is 5.76 Å². The number of amides is 1. The number of Topliss-reactive ketones (excluding diaryl/α,β-unsaturated/α-hetero) is 1. The van der Waals surface area contributed by atoms with Gasteiger partial charge < -0.3 is 14.7 Å². The summed E-state index contributed by atoms with van der Waals surface area (Å²) in [5.74, 6) is -1.61. The molecule has 0 unspecified atom stereocenters. The lowest BCUT2D eigenvalue weighted by Gasteiger charge is -2.25. The van der Waals surface area contributed by atoms with Crippen LogP contribution in [0.2, 0.25) is 0 Å². The van der Waals surface area contributed by atoms with Crippen LogP contribution in [0.5, 0.6) is 5.75 Å². The molecular weight excluding hydrogens is 423 g/mol. The highest BCUT2D eigenvalue weighted by Gasteiger charge is 2.46. The highest BCUT2D eigenvalue weighted by molar-refractivity contribution is 6.46. The number of pyridine rings is 1. The van der Waals surface area contributed by atoms with E-state index in [1.807, 2.05) is 6.92 Å². The van der Waals surface area contributed by atoms with Crippen LogP contribution in [0.1, 0.15) is 35.2 Å². The molecule has 1 amide bonds. The van der Waals surface area contributed by atoms with Gasteiger partial charge in [-0.1, -0.05) is 18.2 Å². The van der Waals surface area contributed by atoms with Crippen LogP contribution in [-0.2, 0) is 16.1 Å². The molecule has 0 radical (unpaired) electrons. The first-order valence-electron chi connectivity index (χ1n) is 10.6. The summed E-state index contributed by atoms with van der Waals surface area (Å²) in [6, 6.07) is 13.3. The number of halogens is 1. The highest BCUT2D eigenvalue weighted by atomic mass is 19.1. The predicted molar refractivity (Wildman–Crippen MR) is 121 cm³/mol. The average Bonchev–Trinajstić information content (AvgIpc) is 3.05. The molecule has 1 aliphatic heterocycles. The Hall–Kier alpha value is -4.00. The Balaban J connectivity index is 1.85. The Bertz CT molecular complexity index is 1220. The zero-order valence-electron chi connectivity index (χ0n) is 18.3. The molecule has 1 aromatic heterocycles. The van der Waals surface area contributed by atoms with Gasteiger partial charge in [0, 0.05) is 24.5 Å². The molecule has 1 saturated heterocycles. The maximum absolute atomic E-state index is 13.6. The molecule has 33 heavy (non-hydrogen) atoms. The van der Waals surface area contributed by atoms with Crippen LogP contribution in [0, 0.1) is 12.7 Å². The maximum atomic E-state index is 13.6. The van der Waals surface area contributed by atoms with E-state index in [-0.39, 0.29) is 17.9 Å². The van der Waals surface area contributed by atoms with Gasteiger partial charge in [-0.05, 0) is 66.9 Å². The molecule has 0 saturated carbocycles. The first-order chi connectivity index (χ1) is 15.9. The summed E-state index contributed by atoms with van der Waals surface area (Å²) in [5.41, 5.74) is 2.32. The van der Waals surface area contributed by atoms with E-state index in [0.717, 1.165) is 5.56 Å². The van der Waals surface area contributed by atoms with E-state index in [0.29, 0.717) is 29.0 Å². The summed E-state index contributed by atoms with van der Waals surface area (Å²) in [6.45, 7) is 4.26. The molecule has 1 N–H and O–H groups in total. The number of benzene rings is 2. The Labute approximate surface area is 191 Å². The quantitative estimate of drug-likeness (QED) is 0.341. The molecule has 1 atom stereocenters. The minimum atomic E-state index is -0.878. The fourth-order valence-electron chi connectivity index (χ4n) is 4.03. The van der Waals surface area contributed by atoms with Gasteiger partial charge in [0.2, 0.25) is 0 Å². The predicted octanol–water partition coefficient (Wildman–Crippen LogP) is 4.55. The number of ketones is 1. The van der Waals surface area contributed by atoms with Crippen molar-refractivity contribution in [2.45, 2.75) is 26.4 Å². The van der Waals surface area contributed by atoms with Crippen molar-refractivity contribution in [3.05, 3.63) is 101 Å². The number of hydrogen-bond acceptors (Lipinski definition) is 5. The Morgan fingerprint density at radius 1 is 1.15 bits per heavy atom. The van der Waals surface area contributed by atoms with Gasteiger partial charge in [0.1, 0.15) is 17.3 Å². The highest BCUT2D eigenvalue weighted by Crippen LogP contribution is 2.41. The lowest BCUT2D eigenvalue weighted by atomic mass is 9.93. The summed E-state index contributed by atoms with van der Waals surface area (Å²) in [5, 5.41) is 11.2. The second-order valence-electron chi connectivity index (χ2n) is 7.75. The number of aryl methyl sites for hydroxylation is 1. The zero-order chi connectivity index (χ0) is 23.5. The number of carbonyl (C=O) groups excluding carboxylic acids is 2. The van der Waals surface area contributed by atoms with Crippen LogP contribution < -0.4 is 4.74 Å². The minimum Gasteiger partial charge on any atom is -0.507 e. The molecule has 2 aromatic carbocycles. The van der Waals surface area contributed by atoms with E-state index < -0.39 is 23.5 Å². The van der Waals surface area contributed by atoms with E-state index in [2.05, 4.69) is 4.98 Å². The number of aliphatic hydroxyl groups is 1. The van der Waals surface area contributed by atoms with E-state index in [4.69, 9.17) is 4.74 Å². The zero-order valence-corrected chi connectivity index (χ0v) is 18.3. The Kier molecular flexibility index (Phi) is 6.22. The lowest BCUT2D eigenvalue weighted by molar-refractivity contribution is -0.140. The third-order valence-electron chi connectivity index (χ3n) is 5.57. The molecule has 4 rings (SSSR count). The van der Waals surface area contributed by atoms with Crippen molar-refractivity contribution >= 4 is 17.4 Å². The number of nitrogens with zero attached hydrogens (tertiary/aromatic N) is 2. The summed E-state index contributed by atoms with van der Waals surface area (Å²) < 4.78 is 19.1. The fourth-order valence-corrected chi connectivity index (χ4v) is 4.03. The molecule has 0 spiro atoms. The van der Waals surface area contributed by atoms with Crippen molar-refractivity contribution < 1.29 is 23.8 Å². The summed E-state index contributed by atoms with van der Waals surface area (Å²) >= 11 is 0. The van der Waals surface area contributed by atoms with Crippen molar-refractivity contribution in [1.82, 2.24) is 9.88 Å². The first kappa shape index (κ1) is 22.2. The van der Waals surface area contributed by atoms with Gasteiger partial charge in [0.15, 0.2) is 0 Å². The molecule has 168 valence electrons. The molecular formula is C26H23FN2O4. The number of aromatic nitrogens is 1. The van der Waals surface area contributed by atoms with Crippen LogP contribution in [0.4, 0.5) is 4.39 Å². The van der Waals surface area contributed by atoms with E-state index in [1.54, 1.807) is 49.6 Å². The summed E-state index contributed by atoms with van der Waals surface area (Å²) in [4.78, 5) is 31.6. The lowest BCUT2D eigenvalue weighted by Crippen LogP contribution is -2.29. The average molecular weight is 446 g/mol. The first-order valence-corrected chi connectivity index (χ1v) is 10.6. The SMILES string of the molecule is CCOc1ccc(C(O)=C2C(=O)C(=O)N(Cc3cccnc3)[C@@H]2c2ccc(F)cc2)c(C)c1. The van der Waals surface area contributed by atoms with Gasteiger partial charge >= 0.3 is 0 Å². The maximum Gasteiger partial charge on any atom is 0.295 e. The topological polar surface area (TPSA) is 79.7 Å². The van der Waals surface area contributed by atoms with Gasteiger partial charge in [0.05, 0.1) is 18.2 Å². The van der Waals surface area contributed by atoms with Crippen molar-refractivity contribution in [2.24, 2.45) is 0 Å². The van der Waals surface area contributed by atoms with Crippen LogP contribution in [0.3, 0.4) is 0 Å². The van der Waals surface area contributed by atoms with Crippen LogP contribution >= 0.6 is 0 Å². The normalized spacial score (nSPS) is 17.4. The summed E-state index contributed by atoms with van der Waals surface area (Å²) in [6.07, 6.45) is 3.22. The molecule has 7 heteroatoms. The molecule has 2 heterocycles. The molecule has 0 aliphatic carbocycles. The molecule has 6 nitrogen and oxygen atoms in total. The monoisotopic (exact) mass is 446 g/mol. The Morgan fingerprint density at radius 3 is 2.55 bits per heavy atom. The fraction of sp³-hybridized carbons (Fsp3) is 0.192. The van der Waals surface area contributed by atoms with Gasteiger partial charge in [-0.3, -0.25) is 14.6 Å². The molecule has 1 fully saturated rings. The standard InChI is InChI=1S/C26H23FN2O4/c1-3-33-20-10-11-21(16(2)13-20)24(30)22-23(18-6-8-19(27)9-7-18)29(26(32)25(22)31)15-17-5-4-12-28-14-17/h4-14,23,30H,3,15H2,1-2H3/t23-/m1/s1. The minimum absolute atomic E-state index is 0.0391. The second kappa shape index (κ2) is 9.24. The van der Waals surface area contributed by atoms with Crippen molar-refractivity contribution in [3.63, 3.8) is 0 Å². The number of carbonyl (C=O) groups is 2. The second-order valence-corrected chi connectivity index (χ2v) is 7.75. The van der Waals surface area contributed by atoms with Gasteiger partial charge in [-0.15, -0.1) is 0 Å². The van der Waals surface area contributed by atoms with E-state index in [1.165, 1.54) is 29.2 Å². The van der Waals surface area contributed by atoms with Crippen molar-refractivity contribution in [2.75, 3.05) is 6.61 Å². The molecule has 3 aromatic rings. The molecule has 1 aliphatic rings. The number of aliphatic hydroxyl groups excluding tert-OH is 1. The summed E-state index contributed by atoms with van der Waals surface area (Å²) in [7, 11) is 0. The number of hydrogen-bond donors (Lipinski definition) is 1. The largest absolute Gasteiger partial charge is 0.507 e. The third-order valence-corrected chi connectivity index (χ3v) is 5.57. The Morgan fingerprint density at radius 2 is 1.91 bits per heavy atom. The van der Waals surface area contributed by atoms with E-state index in [9.17, 15) is 19.1 Å². The van der Waals surface area contributed by atoms with Gasteiger partial charge in [-0.2, -0.15) is 0 Å².